The van der Waals surface area contributed by atoms with E-state index in [2.05, 4.69) is 0 Å². The van der Waals surface area contributed by atoms with Crippen molar-refractivity contribution in [2.75, 3.05) is 20.2 Å². The summed E-state index contributed by atoms with van der Waals surface area (Å²) < 4.78 is 5.18. The maximum atomic E-state index is 11.9. The minimum Gasteiger partial charge on any atom is -0.479 e. The van der Waals surface area contributed by atoms with Gasteiger partial charge in [0.1, 0.15) is 11.8 Å². The Bertz CT molecular complexity index is 466. The van der Waals surface area contributed by atoms with E-state index in [0.717, 1.165) is 5.56 Å². The Labute approximate surface area is 113 Å². The average Bonchev–Trinajstić information content (AvgIpc) is 2.36. The molecule has 0 radical (unpaired) electrons. The van der Waals surface area contributed by atoms with E-state index in [-0.39, 0.29) is 18.9 Å². The number of likely N-dealkylation sites (N-methyl/N-ethyl adjacent to an activating group) is 1. The second-order valence-corrected chi connectivity index (χ2v) is 4.39. The maximum Gasteiger partial charge on any atom is 0.226 e. The number of benzene rings is 1. The summed E-state index contributed by atoms with van der Waals surface area (Å²) >= 11 is 0. The molecule has 1 aromatic carbocycles. The highest BCUT2D eigenvalue weighted by molar-refractivity contribution is 5.78. The molecule has 0 saturated carbocycles. The van der Waals surface area contributed by atoms with Crippen LogP contribution >= 0.6 is 0 Å². The van der Waals surface area contributed by atoms with Crippen molar-refractivity contribution in [3.63, 3.8) is 0 Å². The molecule has 5 nitrogen and oxygen atoms in total. The van der Waals surface area contributed by atoms with Gasteiger partial charge in [0.2, 0.25) is 5.91 Å². The highest BCUT2D eigenvalue weighted by Crippen LogP contribution is 2.14. The van der Waals surface area contributed by atoms with Gasteiger partial charge in [-0.3, -0.25) is 4.79 Å². The first kappa shape index (κ1) is 15.0. The Morgan fingerprint density at radius 2 is 2.32 bits per heavy atom. The van der Waals surface area contributed by atoms with Gasteiger partial charge in [0.25, 0.3) is 0 Å². The molecule has 0 saturated heterocycles. The van der Waals surface area contributed by atoms with E-state index in [1.807, 2.05) is 12.1 Å². The van der Waals surface area contributed by atoms with E-state index < -0.39 is 6.10 Å². The van der Waals surface area contributed by atoms with Crippen LogP contribution in [0.15, 0.2) is 24.3 Å². The lowest BCUT2D eigenvalue weighted by Gasteiger charge is -2.18. The first-order chi connectivity index (χ1) is 9.02. The number of nitriles is 1. The lowest BCUT2D eigenvalue weighted by Crippen LogP contribution is -2.34. The molecule has 19 heavy (non-hydrogen) atoms. The number of nitrogens with zero attached hydrogens (tertiary/aromatic N) is 2. The number of rotatable bonds is 6. The molecule has 0 heterocycles. The van der Waals surface area contributed by atoms with Crippen LogP contribution in [0.1, 0.15) is 12.5 Å². The van der Waals surface area contributed by atoms with Crippen molar-refractivity contribution in [3.05, 3.63) is 29.8 Å². The Morgan fingerprint density at radius 3 is 2.95 bits per heavy atom. The van der Waals surface area contributed by atoms with Gasteiger partial charge >= 0.3 is 0 Å². The largest absolute Gasteiger partial charge is 0.479 e. The number of aliphatic hydroxyl groups is 1. The molecule has 0 spiro atoms. The molecular weight excluding hydrogens is 244 g/mol. The zero-order valence-corrected chi connectivity index (χ0v) is 11.2. The smallest absolute Gasteiger partial charge is 0.226 e. The number of carbonyl (C=O) groups is 1. The fourth-order valence-corrected chi connectivity index (χ4v) is 1.67. The lowest BCUT2D eigenvalue weighted by molar-refractivity contribution is -0.130. The normalized spacial score (nSPS) is 11.5. The monoisotopic (exact) mass is 262 g/mol. The van der Waals surface area contributed by atoms with Gasteiger partial charge < -0.3 is 14.7 Å². The lowest BCUT2D eigenvalue weighted by atomic mass is 10.1. The fourth-order valence-electron chi connectivity index (χ4n) is 1.67. The standard InChI is InChI=1S/C14H18N2O3/c1-11(17)10-16(2)14(18)9-12-4-3-5-13(8-12)19-7-6-15/h3-5,8,11,17H,7,9-10H2,1-2H3. The number of ether oxygens (including phenoxy) is 1. The highest BCUT2D eigenvalue weighted by atomic mass is 16.5. The van der Waals surface area contributed by atoms with Gasteiger partial charge in [-0.25, -0.2) is 0 Å². The van der Waals surface area contributed by atoms with E-state index in [1.54, 1.807) is 32.2 Å². The molecule has 0 aliphatic heterocycles. The minimum atomic E-state index is -0.542. The maximum absolute atomic E-state index is 11.9. The summed E-state index contributed by atoms with van der Waals surface area (Å²) in [4.78, 5) is 13.4. The van der Waals surface area contributed by atoms with Crippen molar-refractivity contribution < 1.29 is 14.6 Å². The summed E-state index contributed by atoms with van der Waals surface area (Å²) in [6, 6.07) is 8.98. The second kappa shape index (κ2) is 7.39. The second-order valence-electron chi connectivity index (χ2n) is 4.39. The van der Waals surface area contributed by atoms with Gasteiger partial charge in [-0.2, -0.15) is 5.26 Å². The predicted octanol–water partition coefficient (Wildman–Crippen LogP) is 0.971. The van der Waals surface area contributed by atoms with Crippen LogP contribution in [0.3, 0.4) is 0 Å². The molecule has 5 heteroatoms. The molecule has 0 aromatic heterocycles. The molecule has 0 bridgehead atoms. The predicted molar refractivity (Wildman–Crippen MR) is 70.6 cm³/mol. The average molecular weight is 262 g/mol. The van der Waals surface area contributed by atoms with Crippen LogP contribution in [0.25, 0.3) is 0 Å². The molecule has 0 aliphatic rings. The van der Waals surface area contributed by atoms with Gasteiger partial charge in [-0.15, -0.1) is 0 Å². The third-order valence-electron chi connectivity index (χ3n) is 2.52. The van der Waals surface area contributed by atoms with Gasteiger partial charge in [0.05, 0.1) is 12.5 Å². The topological polar surface area (TPSA) is 73.6 Å². The van der Waals surface area contributed by atoms with Crippen molar-refractivity contribution in [1.29, 1.82) is 5.26 Å². The van der Waals surface area contributed by atoms with Crippen LogP contribution in [0.4, 0.5) is 0 Å². The van der Waals surface area contributed by atoms with E-state index >= 15 is 0 Å². The first-order valence-corrected chi connectivity index (χ1v) is 6.03. The summed E-state index contributed by atoms with van der Waals surface area (Å²) in [5.74, 6) is 0.503. The van der Waals surface area contributed by atoms with Gasteiger partial charge in [0, 0.05) is 13.6 Å². The Kier molecular flexibility index (Phi) is 5.83. The van der Waals surface area contributed by atoms with Gasteiger partial charge in [0.15, 0.2) is 6.61 Å². The summed E-state index contributed by atoms with van der Waals surface area (Å²) in [6.45, 7) is 1.93. The summed E-state index contributed by atoms with van der Waals surface area (Å²) in [6.07, 6.45) is -0.299. The third-order valence-corrected chi connectivity index (χ3v) is 2.52. The molecule has 102 valence electrons. The number of carbonyl (C=O) groups excluding carboxylic acids is 1. The number of amides is 1. The van der Waals surface area contributed by atoms with E-state index in [0.29, 0.717) is 12.3 Å². The first-order valence-electron chi connectivity index (χ1n) is 6.03. The Balaban J connectivity index is 2.61. The van der Waals surface area contributed by atoms with Crippen LogP contribution in [0.5, 0.6) is 5.75 Å². The van der Waals surface area contributed by atoms with Crippen LogP contribution in [-0.2, 0) is 11.2 Å². The van der Waals surface area contributed by atoms with E-state index in [4.69, 9.17) is 10.00 Å². The van der Waals surface area contributed by atoms with Crippen LogP contribution in [-0.4, -0.2) is 42.2 Å². The third kappa shape index (κ3) is 5.40. The summed E-state index contributed by atoms with van der Waals surface area (Å²) in [5, 5.41) is 17.7. The zero-order chi connectivity index (χ0) is 14.3. The SMILES string of the molecule is CC(O)CN(C)C(=O)Cc1cccc(OCC#N)c1. The van der Waals surface area contributed by atoms with Crippen LogP contribution in [0, 0.1) is 11.3 Å². The van der Waals surface area contributed by atoms with Crippen molar-refractivity contribution in [1.82, 2.24) is 4.90 Å². The molecule has 0 aliphatic carbocycles. The number of hydrogen-bond acceptors (Lipinski definition) is 4. The zero-order valence-electron chi connectivity index (χ0n) is 11.2. The van der Waals surface area contributed by atoms with E-state index in [1.165, 1.54) is 4.90 Å². The highest BCUT2D eigenvalue weighted by Gasteiger charge is 2.11. The van der Waals surface area contributed by atoms with Gasteiger partial charge in [-0.1, -0.05) is 12.1 Å². The molecule has 0 fully saturated rings. The molecule has 1 N–H and O–H groups in total. The Hall–Kier alpha value is -2.06. The number of hydrogen-bond donors (Lipinski definition) is 1. The summed E-state index contributed by atoms with van der Waals surface area (Å²) in [5.41, 5.74) is 0.817. The van der Waals surface area contributed by atoms with Crippen LogP contribution in [0.2, 0.25) is 0 Å². The van der Waals surface area contributed by atoms with Crippen molar-refractivity contribution in [2.45, 2.75) is 19.4 Å². The quantitative estimate of drug-likeness (QED) is 0.829. The summed E-state index contributed by atoms with van der Waals surface area (Å²) in [7, 11) is 1.66. The van der Waals surface area contributed by atoms with Crippen molar-refractivity contribution >= 4 is 5.91 Å². The fraction of sp³-hybridized carbons (Fsp3) is 0.429. The molecule has 1 aromatic rings. The van der Waals surface area contributed by atoms with Crippen molar-refractivity contribution in [2.24, 2.45) is 0 Å². The Morgan fingerprint density at radius 1 is 1.58 bits per heavy atom. The molecule has 1 unspecified atom stereocenters. The van der Waals surface area contributed by atoms with Crippen molar-refractivity contribution in [3.8, 4) is 11.8 Å². The molecule has 1 atom stereocenters. The number of aliphatic hydroxyl groups excluding tert-OH is 1. The molecule has 1 amide bonds. The minimum absolute atomic E-state index is 0.0146. The van der Waals surface area contributed by atoms with Gasteiger partial charge in [-0.05, 0) is 24.6 Å². The van der Waals surface area contributed by atoms with Crippen LogP contribution < -0.4 is 4.74 Å². The molecular formula is C14H18N2O3. The molecule has 1 rings (SSSR count). The van der Waals surface area contributed by atoms with E-state index in [9.17, 15) is 9.90 Å².